The number of methoxy groups -OCH3 is 1. The van der Waals surface area contributed by atoms with Gasteiger partial charge >= 0.3 is 0 Å². The van der Waals surface area contributed by atoms with Crippen LogP contribution in [0.4, 0.5) is 5.69 Å². The summed E-state index contributed by atoms with van der Waals surface area (Å²) < 4.78 is 33.8. The standard InChI is InChI=1S/C23H22BrN3O4S/c1-17-8-6-7-11-21(17)27(32(29,30)20-9-4-3-5-10-20)16-23(28)26-25-15-18-14-19(24)12-13-22(18)31-2/h3-15H,16H2,1-2H3,(H,26,28)/b25-15-. The van der Waals surface area contributed by atoms with Gasteiger partial charge in [-0.25, -0.2) is 13.8 Å². The van der Waals surface area contributed by atoms with E-state index in [4.69, 9.17) is 4.74 Å². The number of nitrogens with zero attached hydrogens (tertiary/aromatic N) is 2. The van der Waals surface area contributed by atoms with Crippen LogP contribution in [0.15, 0.2) is 87.3 Å². The molecule has 0 atom stereocenters. The Hall–Kier alpha value is -3.17. The fourth-order valence-corrected chi connectivity index (χ4v) is 4.89. The van der Waals surface area contributed by atoms with Crippen molar-refractivity contribution in [2.24, 2.45) is 5.10 Å². The number of hydrogen-bond acceptors (Lipinski definition) is 5. The van der Waals surface area contributed by atoms with E-state index in [2.05, 4.69) is 26.5 Å². The predicted molar refractivity (Wildman–Crippen MR) is 129 cm³/mol. The fraction of sp³-hybridized carbons (Fsp3) is 0.130. The van der Waals surface area contributed by atoms with Gasteiger partial charge in [-0.3, -0.25) is 9.10 Å². The molecule has 32 heavy (non-hydrogen) atoms. The summed E-state index contributed by atoms with van der Waals surface area (Å²) in [6.45, 7) is 1.35. The smallest absolute Gasteiger partial charge is 0.264 e. The first kappa shape index (κ1) is 23.5. The van der Waals surface area contributed by atoms with Crippen LogP contribution in [0.1, 0.15) is 11.1 Å². The van der Waals surface area contributed by atoms with Crippen LogP contribution in [0.3, 0.4) is 0 Å². The maximum absolute atomic E-state index is 13.3. The number of sulfonamides is 1. The van der Waals surface area contributed by atoms with E-state index in [0.29, 0.717) is 17.0 Å². The van der Waals surface area contributed by atoms with Crippen molar-refractivity contribution in [3.8, 4) is 5.75 Å². The third-order valence-electron chi connectivity index (χ3n) is 4.59. The molecule has 0 fully saturated rings. The van der Waals surface area contributed by atoms with Crippen LogP contribution in [0, 0.1) is 6.92 Å². The van der Waals surface area contributed by atoms with Crippen LogP contribution in [-0.4, -0.2) is 34.2 Å². The molecule has 7 nitrogen and oxygen atoms in total. The van der Waals surface area contributed by atoms with Crippen molar-refractivity contribution >= 4 is 43.8 Å². The van der Waals surface area contributed by atoms with E-state index in [-0.39, 0.29) is 4.90 Å². The second-order valence-electron chi connectivity index (χ2n) is 6.79. The zero-order valence-electron chi connectivity index (χ0n) is 17.5. The number of ether oxygens (including phenoxy) is 1. The molecule has 0 aliphatic carbocycles. The second kappa shape index (κ2) is 10.4. The predicted octanol–water partition coefficient (Wildman–Crippen LogP) is 4.11. The Labute approximate surface area is 195 Å². The average Bonchev–Trinajstić information content (AvgIpc) is 2.79. The summed E-state index contributed by atoms with van der Waals surface area (Å²) in [5, 5.41) is 3.97. The van der Waals surface area contributed by atoms with Crippen LogP contribution in [-0.2, 0) is 14.8 Å². The molecule has 0 radical (unpaired) electrons. The molecule has 1 N–H and O–H groups in total. The zero-order valence-corrected chi connectivity index (χ0v) is 19.9. The Morgan fingerprint density at radius 3 is 2.47 bits per heavy atom. The summed E-state index contributed by atoms with van der Waals surface area (Å²) in [6.07, 6.45) is 1.44. The lowest BCUT2D eigenvalue weighted by molar-refractivity contribution is -0.119. The van der Waals surface area contributed by atoms with Crippen molar-refractivity contribution in [1.82, 2.24) is 5.43 Å². The van der Waals surface area contributed by atoms with E-state index < -0.39 is 22.5 Å². The number of hydrogen-bond donors (Lipinski definition) is 1. The van der Waals surface area contributed by atoms with E-state index in [1.54, 1.807) is 55.5 Å². The molecule has 0 saturated heterocycles. The van der Waals surface area contributed by atoms with Crippen LogP contribution >= 0.6 is 15.9 Å². The van der Waals surface area contributed by atoms with Crippen LogP contribution in [0.25, 0.3) is 0 Å². The minimum atomic E-state index is -3.97. The highest BCUT2D eigenvalue weighted by atomic mass is 79.9. The molecule has 0 aliphatic rings. The average molecular weight is 516 g/mol. The topological polar surface area (TPSA) is 88.1 Å². The number of aryl methyl sites for hydroxylation is 1. The summed E-state index contributed by atoms with van der Waals surface area (Å²) >= 11 is 3.38. The van der Waals surface area contributed by atoms with Crippen LogP contribution in [0.2, 0.25) is 0 Å². The third kappa shape index (κ3) is 5.54. The highest BCUT2D eigenvalue weighted by Gasteiger charge is 2.27. The number of halogens is 1. The highest BCUT2D eigenvalue weighted by Crippen LogP contribution is 2.26. The van der Waals surface area contributed by atoms with Gasteiger partial charge in [0.1, 0.15) is 12.3 Å². The summed E-state index contributed by atoms with van der Waals surface area (Å²) in [7, 11) is -2.44. The highest BCUT2D eigenvalue weighted by molar-refractivity contribution is 9.10. The normalized spacial score (nSPS) is 11.3. The molecule has 0 aromatic heterocycles. The SMILES string of the molecule is COc1ccc(Br)cc1/C=N\NC(=O)CN(c1ccccc1C)S(=O)(=O)c1ccccc1. The summed E-state index contributed by atoms with van der Waals surface area (Å²) in [5.41, 5.74) is 4.19. The minimum absolute atomic E-state index is 0.0958. The molecule has 0 bridgehead atoms. The third-order valence-corrected chi connectivity index (χ3v) is 6.85. The fourth-order valence-electron chi connectivity index (χ4n) is 3.01. The van der Waals surface area contributed by atoms with Gasteiger partial charge < -0.3 is 4.74 Å². The number of nitrogens with one attached hydrogen (secondary N) is 1. The van der Waals surface area contributed by atoms with Crippen molar-refractivity contribution in [2.75, 3.05) is 18.0 Å². The van der Waals surface area contributed by atoms with Gasteiger partial charge in [0.25, 0.3) is 15.9 Å². The van der Waals surface area contributed by atoms with Gasteiger partial charge in [-0.1, -0.05) is 52.3 Å². The second-order valence-corrected chi connectivity index (χ2v) is 9.57. The first-order valence-electron chi connectivity index (χ1n) is 9.62. The summed E-state index contributed by atoms with van der Waals surface area (Å²) in [4.78, 5) is 12.8. The van der Waals surface area contributed by atoms with Crippen molar-refractivity contribution < 1.29 is 17.9 Å². The van der Waals surface area contributed by atoms with Gasteiger partial charge in [0.15, 0.2) is 0 Å². The van der Waals surface area contributed by atoms with Gasteiger partial charge in [-0.05, 0) is 48.9 Å². The maximum Gasteiger partial charge on any atom is 0.264 e. The number of amides is 1. The molecule has 0 saturated carbocycles. The van der Waals surface area contributed by atoms with Gasteiger partial charge in [0, 0.05) is 10.0 Å². The van der Waals surface area contributed by atoms with Crippen LogP contribution < -0.4 is 14.5 Å². The monoisotopic (exact) mass is 515 g/mol. The van der Waals surface area contributed by atoms with Crippen molar-refractivity contribution in [2.45, 2.75) is 11.8 Å². The lowest BCUT2D eigenvalue weighted by atomic mass is 10.2. The quantitative estimate of drug-likeness (QED) is 0.361. The number of para-hydroxylation sites is 1. The van der Waals surface area contributed by atoms with Crippen LogP contribution in [0.5, 0.6) is 5.75 Å². The van der Waals surface area contributed by atoms with Gasteiger partial charge in [-0.15, -0.1) is 0 Å². The van der Waals surface area contributed by atoms with Crippen molar-refractivity contribution in [3.63, 3.8) is 0 Å². The molecule has 1 amide bonds. The Morgan fingerprint density at radius 1 is 1.09 bits per heavy atom. The Bertz CT molecular complexity index is 1230. The molecule has 0 heterocycles. The molecule has 3 aromatic rings. The summed E-state index contributed by atoms with van der Waals surface area (Å²) in [5.74, 6) is -0.00244. The van der Waals surface area contributed by atoms with E-state index in [1.807, 2.05) is 12.1 Å². The maximum atomic E-state index is 13.3. The minimum Gasteiger partial charge on any atom is -0.496 e. The van der Waals surface area contributed by atoms with E-state index in [9.17, 15) is 13.2 Å². The Balaban J connectivity index is 1.85. The number of hydrazone groups is 1. The number of anilines is 1. The lowest BCUT2D eigenvalue weighted by Crippen LogP contribution is -2.40. The van der Waals surface area contributed by atoms with Crippen molar-refractivity contribution in [3.05, 3.63) is 88.4 Å². The van der Waals surface area contributed by atoms with E-state index in [0.717, 1.165) is 14.3 Å². The van der Waals surface area contributed by atoms with Gasteiger partial charge in [0.2, 0.25) is 0 Å². The molecule has 166 valence electrons. The number of carbonyl (C=O) groups is 1. The summed E-state index contributed by atoms with van der Waals surface area (Å²) in [6, 6.07) is 20.4. The molecular formula is C23H22BrN3O4S. The molecule has 0 unspecified atom stereocenters. The van der Waals surface area contributed by atoms with E-state index >= 15 is 0 Å². The van der Waals surface area contributed by atoms with Crippen molar-refractivity contribution in [1.29, 1.82) is 0 Å². The zero-order chi connectivity index (χ0) is 23.1. The number of carbonyl (C=O) groups excluding carboxylic acids is 1. The molecule has 0 spiro atoms. The molecular weight excluding hydrogens is 494 g/mol. The molecule has 3 aromatic carbocycles. The first-order chi connectivity index (χ1) is 15.3. The Morgan fingerprint density at radius 2 is 1.78 bits per heavy atom. The van der Waals surface area contributed by atoms with Gasteiger partial charge in [0.05, 0.1) is 23.9 Å². The molecule has 9 heteroatoms. The number of benzene rings is 3. The Kier molecular flexibility index (Phi) is 7.66. The largest absolute Gasteiger partial charge is 0.496 e. The molecule has 0 aliphatic heterocycles. The van der Waals surface area contributed by atoms with Gasteiger partial charge in [-0.2, -0.15) is 5.10 Å². The molecule has 3 rings (SSSR count). The van der Waals surface area contributed by atoms with E-state index in [1.165, 1.54) is 25.5 Å². The first-order valence-corrected chi connectivity index (χ1v) is 11.8. The lowest BCUT2D eigenvalue weighted by Gasteiger charge is -2.25. The number of rotatable bonds is 8.